The van der Waals surface area contributed by atoms with Gasteiger partial charge in [-0.25, -0.2) is 8.42 Å². The fourth-order valence-electron chi connectivity index (χ4n) is 3.75. The lowest BCUT2D eigenvalue weighted by Crippen LogP contribution is -2.47. The van der Waals surface area contributed by atoms with Gasteiger partial charge in [-0.2, -0.15) is 9.57 Å². The Morgan fingerprint density at radius 2 is 1.80 bits per heavy atom. The first-order chi connectivity index (χ1) is 14.3. The predicted octanol–water partition coefficient (Wildman–Crippen LogP) is 2.22. The van der Waals surface area contributed by atoms with Gasteiger partial charge < -0.3 is 4.57 Å². The van der Waals surface area contributed by atoms with Crippen LogP contribution in [-0.2, 0) is 23.6 Å². The van der Waals surface area contributed by atoms with Crippen LogP contribution in [0.1, 0.15) is 10.4 Å². The highest BCUT2D eigenvalue weighted by molar-refractivity contribution is 7.88. The van der Waals surface area contributed by atoms with Gasteiger partial charge in [-0.05, 0) is 23.8 Å². The zero-order valence-corrected chi connectivity index (χ0v) is 18.5. The maximum atomic E-state index is 12.7. The first kappa shape index (κ1) is 20.8. The lowest BCUT2D eigenvalue weighted by atomic mass is 10.0. The quantitative estimate of drug-likeness (QED) is 0.618. The molecule has 0 spiro atoms. The Balaban J connectivity index is 1.64. The molecule has 4 rings (SSSR count). The summed E-state index contributed by atoms with van der Waals surface area (Å²) in [5.41, 5.74) is 2.49. The molecule has 0 saturated carbocycles. The second-order valence-corrected chi connectivity index (χ2v) is 10.7. The molecular formula is C21H22N4O3S2. The predicted molar refractivity (Wildman–Crippen MR) is 119 cm³/mol. The molecule has 9 heteroatoms. The van der Waals surface area contributed by atoms with Crippen molar-refractivity contribution in [3.8, 4) is 17.2 Å². The number of aryl methyl sites for hydroxylation is 1. The zero-order chi connectivity index (χ0) is 21.5. The van der Waals surface area contributed by atoms with Crippen molar-refractivity contribution in [3.63, 3.8) is 0 Å². The minimum atomic E-state index is -3.15. The molecule has 1 aliphatic heterocycles. The van der Waals surface area contributed by atoms with E-state index in [-0.39, 0.29) is 5.56 Å². The molecule has 30 heavy (non-hydrogen) atoms. The summed E-state index contributed by atoms with van der Waals surface area (Å²) in [6.07, 6.45) is 3.09. The van der Waals surface area contributed by atoms with Crippen molar-refractivity contribution in [2.45, 2.75) is 6.54 Å². The molecule has 7 nitrogen and oxygen atoms in total. The number of sulfonamides is 1. The third-order valence-corrected chi connectivity index (χ3v) is 7.86. The van der Waals surface area contributed by atoms with E-state index in [1.165, 1.54) is 10.6 Å². The van der Waals surface area contributed by atoms with Gasteiger partial charge in [0.15, 0.2) is 0 Å². The molecule has 0 aliphatic carbocycles. The Bertz CT molecular complexity index is 1290. The molecule has 3 heterocycles. The average molecular weight is 443 g/mol. The Morgan fingerprint density at radius 1 is 1.13 bits per heavy atom. The van der Waals surface area contributed by atoms with Crippen molar-refractivity contribution >= 4 is 31.4 Å². The molecule has 1 aliphatic rings. The summed E-state index contributed by atoms with van der Waals surface area (Å²) >= 11 is 1.60. The summed E-state index contributed by atoms with van der Waals surface area (Å²) in [6, 6.07) is 11.5. The van der Waals surface area contributed by atoms with Crippen molar-refractivity contribution in [1.29, 1.82) is 5.26 Å². The molecule has 0 unspecified atom stereocenters. The number of rotatable bonds is 4. The van der Waals surface area contributed by atoms with Gasteiger partial charge in [0, 0.05) is 61.1 Å². The molecule has 1 fully saturated rings. The Labute approximate surface area is 179 Å². The summed E-state index contributed by atoms with van der Waals surface area (Å²) in [5, 5.41) is 9.73. The van der Waals surface area contributed by atoms with E-state index in [1.807, 2.05) is 24.4 Å². The number of thiophene rings is 1. The van der Waals surface area contributed by atoms with Crippen LogP contribution >= 0.6 is 11.3 Å². The third kappa shape index (κ3) is 4.04. The van der Waals surface area contributed by atoms with E-state index >= 15 is 0 Å². The van der Waals surface area contributed by atoms with Crippen LogP contribution < -0.4 is 5.56 Å². The minimum absolute atomic E-state index is 0.0354. The Kier molecular flexibility index (Phi) is 5.51. The molecule has 3 aromatic rings. The van der Waals surface area contributed by atoms with Crippen molar-refractivity contribution in [3.05, 3.63) is 57.3 Å². The van der Waals surface area contributed by atoms with Crippen LogP contribution in [0.25, 0.3) is 21.2 Å². The van der Waals surface area contributed by atoms with Gasteiger partial charge in [-0.15, -0.1) is 11.3 Å². The van der Waals surface area contributed by atoms with Crippen LogP contribution in [0.2, 0.25) is 0 Å². The number of pyridine rings is 1. The number of hydrogen-bond acceptors (Lipinski definition) is 6. The van der Waals surface area contributed by atoms with Gasteiger partial charge in [-0.1, -0.05) is 12.1 Å². The number of aromatic nitrogens is 1. The van der Waals surface area contributed by atoms with Crippen molar-refractivity contribution < 1.29 is 8.42 Å². The van der Waals surface area contributed by atoms with Gasteiger partial charge in [0.05, 0.1) is 23.3 Å². The third-order valence-electron chi connectivity index (χ3n) is 5.41. The maximum absolute atomic E-state index is 12.7. The van der Waals surface area contributed by atoms with Gasteiger partial charge in [0.2, 0.25) is 10.0 Å². The number of benzene rings is 1. The maximum Gasteiger partial charge on any atom is 0.259 e. The number of nitrogens with zero attached hydrogens (tertiary/aromatic N) is 4. The SMILES string of the molecule is Cn1cc(-c2ccc(C#N)cc2)c2sc(CN3CCN(S(C)(=O)=O)CC3)cc2c1=O. The highest BCUT2D eigenvalue weighted by Crippen LogP contribution is 2.34. The van der Waals surface area contributed by atoms with Gasteiger partial charge >= 0.3 is 0 Å². The number of hydrogen-bond donors (Lipinski definition) is 0. The second kappa shape index (κ2) is 7.96. The molecule has 0 radical (unpaired) electrons. The van der Waals surface area contributed by atoms with Crippen molar-refractivity contribution in [2.75, 3.05) is 32.4 Å². The molecule has 1 aromatic carbocycles. The van der Waals surface area contributed by atoms with Crippen LogP contribution in [0.3, 0.4) is 0 Å². The Morgan fingerprint density at radius 3 is 2.40 bits per heavy atom. The minimum Gasteiger partial charge on any atom is -0.317 e. The molecule has 0 bridgehead atoms. The number of fused-ring (bicyclic) bond motifs is 1. The van der Waals surface area contributed by atoms with E-state index < -0.39 is 10.0 Å². The highest BCUT2D eigenvalue weighted by Gasteiger charge is 2.24. The fourth-order valence-corrected chi connectivity index (χ4v) is 5.80. The van der Waals surface area contributed by atoms with Crippen LogP contribution in [0.15, 0.2) is 41.3 Å². The highest BCUT2D eigenvalue weighted by atomic mass is 32.2. The summed E-state index contributed by atoms with van der Waals surface area (Å²) in [6.45, 7) is 3.00. The fraction of sp³-hybridized carbons (Fsp3) is 0.333. The average Bonchev–Trinajstić information content (AvgIpc) is 3.14. The lowest BCUT2D eigenvalue weighted by molar-refractivity contribution is 0.183. The molecule has 156 valence electrons. The van der Waals surface area contributed by atoms with Crippen LogP contribution in [-0.4, -0.2) is 54.6 Å². The topological polar surface area (TPSA) is 86.4 Å². The standard InChI is InChI=1S/C21H22N4O3S2/c1-23-14-19(16-5-3-15(12-22)4-6-16)20-18(21(23)26)11-17(29-20)13-24-7-9-25(10-8-24)30(2,27)28/h3-6,11,14H,7-10,13H2,1-2H3. The summed E-state index contributed by atoms with van der Waals surface area (Å²) in [5.74, 6) is 0. The lowest BCUT2D eigenvalue weighted by Gasteiger charge is -2.32. The smallest absolute Gasteiger partial charge is 0.259 e. The summed E-state index contributed by atoms with van der Waals surface area (Å²) < 4.78 is 27.4. The first-order valence-electron chi connectivity index (χ1n) is 9.56. The first-order valence-corrected chi connectivity index (χ1v) is 12.2. The monoisotopic (exact) mass is 442 g/mol. The van der Waals surface area contributed by atoms with Gasteiger partial charge in [-0.3, -0.25) is 9.69 Å². The molecule has 0 atom stereocenters. The van der Waals surface area contributed by atoms with E-state index in [4.69, 9.17) is 5.26 Å². The zero-order valence-electron chi connectivity index (χ0n) is 16.8. The van der Waals surface area contributed by atoms with Crippen molar-refractivity contribution in [1.82, 2.24) is 13.8 Å². The molecule has 0 amide bonds. The second-order valence-electron chi connectivity index (χ2n) is 7.54. The molecule has 1 saturated heterocycles. The van der Waals surface area contributed by atoms with Crippen LogP contribution in [0, 0.1) is 11.3 Å². The van der Waals surface area contributed by atoms with Crippen LogP contribution in [0.5, 0.6) is 0 Å². The van der Waals surface area contributed by atoms with E-state index in [0.717, 1.165) is 20.7 Å². The largest absolute Gasteiger partial charge is 0.317 e. The molecular weight excluding hydrogens is 420 g/mol. The molecule has 2 aromatic heterocycles. The van der Waals surface area contributed by atoms with E-state index in [2.05, 4.69) is 11.0 Å². The number of piperazine rings is 1. The normalized spacial score (nSPS) is 16.0. The Hall–Kier alpha value is -2.51. The van der Waals surface area contributed by atoms with Crippen molar-refractivity contribution in [2.24, 2.45) is 7.05 Å². The summed E-state index contributed by atoms with van der Waals surface area (Å²) in [4.78, 5) is 16.0. The van der Waals surface area contributed by atoms with E-state index in [0.29, 0.717) is 43.7 Å². The van der Waals surface area contributed by atoms with Gasteiger partial charge in [0.25, 0.3) is 5.56 Å². The number of nitriles is 1. The van der Waals surface area contributed by atoms with E-state index in [9.17, 15) is 13.2 Å². The molecule has 0 N–H and O–H groups in total. The van der Waals surface area contributed by atoms with Crippen LogP contribution in [0.4, 0.5) is 0 Å². The van der Waals surface area contributed by atoms with Gasteiger partial charge in [0.1, 0.15) is 0 Å². The van der Waals surface area contributed by atoms with E-state index in [1.54, 1.807) is 35.1 Å². The summed E-state index contributed by atoms with van der Waals surface area (Å²) in [7, 11) is -1.40.